The van der Waals surface area contributed by atoms with Gasteiger partial charge in [-0.15, -0.1) is 6.42 Å². The van der Waals surface area contributed by atoms with Gasteiger partial charge >= 0.3 is 88.7 Å². The quantitative estimate of drug-likeness (QED) is 0.216. The van der Waals surface area contributed by atoms with Gasteiger partial charge in [0.05, 0.1) is 23.4 Å². The summed E-state index contributed by atoms with van der Waals surface area (Å²) in [7, 11) is -4.14. The SMILES string of the molecule is O=C([O-])c1cc(O[CH-]CCS(=O)(=O)O)cc(C(=O)[O-])c1.[Na+].[Na+].[Na+]. The van der Waals surface area contributed by atoms with E-state index in [-0.39, 0.29) is 101 Å². The summed E-state index contributed by atoms with van der Waals surface area (Å²) in [4.78, 5) is 21.4. The number of carbonyl (C=O) groups excluding carboxylic acids is 2. The summed E-state index contributed by atoms with van der Waals surface area (Å²) in [6.45, 7) is 0.987. The number of benzene rings is 1. The van der Waals surface area contributed by atoms with Crippen LogP contribution < -0.4 is 104 Å². The molecule has 1 rings (SSSR count). The molecule has 0 heterocycles. The average molecular weight is 370 g/mol. The molecular weight excluding hydrogens is 361 g/mol. The van der Waals surface area contributed by atoms with Crippen molar-refractivity contribution >= 4 is 22.1 Å². The van der Waals surface area contributed by atoms with Crippen molar-refractivity contribution in [2.24, 2.45) is 0 Å². The molecule has 12 heteroatoms. The van der Waals surface area contributed by atoms with Gasteiger partial charge < -0.3 is 24.5 Å². The van der Waals surface area contributed by atoms with Gasteiger partial charge in [0.25, 0.3) is 10.1 Å². The van der Waals surface area contributed by atoms with Gasteiger partial charge in [0, 0.05) is 11.1 Å². The van der Waals surface area contributed by atoms with Gasteiger partial charge in [0.1, 0.15) is 0 Å². The zero-order chi connectivity index (χ0) is 15.3. The van der Waals surface area contributed by atoms with Gasteiger partial charge in [-0.25, -0.2) is 0 Å². The molecule has 0 spiro atoms. The van der Waals surface area contributed by atoms with E-state index in [9.17, 15) is 28.2 Å². The molecule has 1 aromatic rings. The van der Waals surface area contributed by atoms with E-state index in [1.54, 1.807) is 0 Å². The Morgan fingerprint density at radius 2 is 1.48 bits per heavy atom. The summed E-state index contributed by atoms with van der Waals surface area (Å²) < 4.78 is 34.2. The zero-order valence-electron chi connectivity index (χ0n) is 12.9. The topological polar surface area (TPSA) is 144 Å². The number of carboxylic acid groups (broad SMARTS) is 2. The van der Waals surface area contributed by atoms with Crippen molar-refractivity contribution in [3.63, 3.8) is 0 Å². The minimum atomic E-state index is -4.14. The summed E-state index contributed by atoms with van der Waals surface area (Å²) in [6, 6.07) is 2.85. The Labute approximate surface area is 199 Å². The molecular formula is C11H9Na3O8S. The molecule has 0 fully saturated rings. The van der Waals surface area contributed by atoms with Gasteiger partial charge in [-0.1, -0.05) is 0 Å². The molecule has 1 aromatic carbocycles. The largest absolute Gasteiger partial charge is 1.00 e. The molecule has 0 aliphatic heterocycles. The van der Waals surface area contributed by atoms with Crippen LogP contribution in [-0.4, -0.2) is 30.7 Å². The van der Waals surface area contributed by atoms with Gasteiger partial charge in [-0.2, -0.15) is 15.0 Å². The minimum Gasteiger partial charge on any atom is -0.662 e. The van der Waals surface area contributed by atoms with E-state index in [0.29, 0.717) is 0 Å². The predicted octanol–water partition coefficient (Wildman–Crippen LogP) is -10.8. The Bertz CT molecular complexity index is 600. The smallest absolute Gasteiger partial charge is 0.662 e. The van der Waals surface area contributed by atoms with Crippen LogP contribution >= 0.6 is 0 Å². The van der Waals surface area contributed by atoms with Crippen molar-refractivity contribution in [3.05, 3.63) is 35.9 Å². The summed E-state index contributed by atoms with van der Waals surface area (Å²) in [5, 5.41) is 21.4. The van der Waals surface area contributed by atoms with Crippen LogP contribution in [0, 0.1) is 6.61 Å². The Balaban J connectivity index is -0.00000133. The molecule has 0 atom stereocenters. The number of rotatable bonds is 7. The molecule has 110 valence electrons. The maximum absolute atomic E-state index is 10.7. The van der Waals surface area contributed by atoms with Crippen LogP contribution in [0.2, 0.25) is 0 Å². The van der Waals surface area contributed by atoms with Crippen LogP contribution in [0.1, 0.15) is 27.1 Å². The third-order valence-corrected chi connectivity index (χ3v) is 2.84. The molecule has 23 heavy (non-hydrogen) atoms. The fourth-order valence-corrected chi connectivity index (χ4v) is 1.65. The van der Waals surface area contributed by atoms with Crippen molar-refractivity contribution in [1.29, 1.82) is 0 Å². The summed E-state index contributed by atoms with van der Waals surface area (Å²) in [5.41, 5.74) is -0.852. The second-order valence-electron chi connectivity index (χ2n) is 3.68. The fraction of sp³-hybridized carbons (Fsp3) is 0.182. The number of aromatic carboxylic acids is 2. The van der Waals surface area contributed by atoms with Crippen molar-refractivity contribution in [2.75, 3.05) is 5.75 Å². The number of hydrogen-bond donors (Lipinski definition) is 1. The summed E-state index contributed by atoms with van der Waals surface area (Å²) in [5.74, 6) is -3.92. The summed E-state index contributed by atoms with van der Waals surface area (Å²) >= 11 is 0. The van der Waals surface area contributed by atoms with Crippen LogP contribution in [0.15, 0.2) is 18.2 Å². The van der Waals surface area contributed by atoms with Crippen molar-refractivity contribution in [2.45, 2.75) is 6.42 Å². The molecule has 1 N–H and O–H groups in total. The number of carboxylic acids is 2. The third kappa shape index (κ3) is 12.0. The van der Waals surface area contributed by atoms with E-state index in [0.717, 1.165) is 24.8 Å². The van der Waals surface area contributed by atoms with Crippen LogP contribution in [0.25, 0.3) is 0 Å². The molecule has 8 nitrogen and oxygen atoms in total. The van der Waals surface area contributed by atoms with Crippen molar-refractivity contribution in [3.8, 4) is 5.75 Å². The average Bonchev–Trinajstić information content (AvgIpc) is 2.33. The first kappa shape index (κ1) is 28.7. The molecule has 0 aliphatic rings. The third-order valence-electron chi connectivity index (χ3n) is 2.09. The number of carbonyl (C=O) groups is 2. The summed E-state index contributed by atoms with van der Waals surface area (Å²) in [6.07, 6.45) is -0.172. The Kier molecular flexibility index (Phi) is 16.4. The zero-order valence-corrected chi connectivity index (χ0v) is 19.8. The second-order valence-corrected chi connectivity index (χ2v) is 5.25. The molecule has 0 aromatic heterocycles. The predicted molar refractivity (Wildman–Crippen MR) is 61.1 cm³/mol. The van der Waals surface area contributed by atoms with Gasteiger partial charge in [-0.05, 0) is 18.2 Å². The van der Waals surface area contributed by atoms with Crippen molar-refractivity contribution < 1.29 is 126 Å². The van der Waals surface area contributed by atoms with Crippen LogP contribution in [-0.2, 0) is 10.1 Å². The molecule has 0 unspecified atom stereocenters. The number of hydrogen-bond acceptors (Lipinski definition) is 7. The maximum Gasteiger partial charge on any atom is 1.00 e. The van der Waals surface area contributed by atoms with E-state index in [1.807, 2.05) is 0 Å². The van der Waals surface area contributed by atoms with E-state index >= 15 is 0 Å². The Morgan fingerprint density at radius 1 is 1.04 bits per heavy atom. The fourth-order valence-electron chi connectivity index (χ4n) is 1.25. The number of ether oxygens (including phenoxy) is 1. The van der Waals surface area contributed by atoms with E-state index in [1.165, 1.54) is 0 Å². The normalized spacial score (nSPS) is 9.61. The van der Waals surface area contributed by atoms with E-state index in [4.69, 9.17) is 9.29 Å². The van der Waals surface area contributed by atoms with Crippen LogP contribution in [0.5, 0.6) is 5.75 Å². The minimum absolute atomic E-state index is 0. The molecule has 0 radical (unpaired) electrons. The monoisotopic (exact) mass is 370 g/mol. The Hall–Kier alpha value is 0.870. The van der Waals surface area contributed by atoms with Crippen LogP contribution in [0.3, 0.4) is 0 Å². The van der Waals surface area contributed by atoms with Gasteiger partial charge in [0.15, 0.2) is 0 Å². The maximum atomic E-state index is 10.7. The molecule has 0 saturated carbocycles. The molecule has 0 bridgehead atoms. The Morgan fingerprint density at radius 3 is 1.83 bits per heavy atom. The second kappa shape index (κ2) is 13.1. The van der Waals surface area contributed by atoms with E-state index < -0.39 is 38.9 Å². The molecule has 0 amide bonds. The van der Waals surface area contributed by atoms with E-state index in [2.05, 4.69) is 0 Å². The van der Waals surface area contributed by atoms with Crippen molar-refractivity contribution in [1.82, 2.24) is 0 Å². The van der Waals surface area contributed by atoms with Gasteiger partial charge in [-0.3, -0.25) is 4.55 Å². The van der Waals surface area contributed by atoms with Gasteiger partial charge in [0.2, 0.25) is 0 Å². The standard InChI is InChI=1S/C11H11O8S.3Na/c12-10(13)7-4-8(11(14)15)6-9(5-7)19-2-1-3-20(16,17)18;;;/h2,4-6H,1,3H2,(H,12,13)(H,14,15)(H,16,17,18);;;/q-1;3*+1/p-2. The first-order valence-electron chi connectivity index (χ1n) is 5.20. The van der Waals surface area contributed by atoms with Crippen LogP contribution in [0.4, 0.5) is 0 Å². The first-order valence-corrected chi connectivity index (χ1v) is 6.81. The first-order chi connectivity index (χ1) is 9.19. The molecule has 0 saturated heterocycles. The molecule has 0 aliphatic carbocycles.